The molecule has 22 heavy (non-hydrogen) atoms. The molecule has 0 saturated carbocycles. The number of amides is 1. The molecule has 0 spiro atoms. The van der Waals surface area contributed by atoms with Gasteiger partial charge in [0.05, 0.1) is 6.04 Å². The molecule has 2 aliphatic rings. The molecular weight excluding hydrogens is 370 g/mol. The van der Waals surface area contributed by atoms with Crippen LogP contribution >= 0.6 is 27.7 Å². The van der Waals surface area contributed by atoms with Crippen molar-refractivity contribution in [2.45, 2.75) is 36.8 Å². The number of carbonyl (C=O) groups is 2. The van der Waals surface area contributed by atoms with Crippen molar-refractivity contribution in [3.05, 3.63) is 33.8 Å². The summed E-state index contributed by atoms with van der Waals surface area (Å²) in [5.41, 5.74) is 2.34. The van der Waals surface area contributed by atoms with Gasteiger partial charge in [0, 0.05) is 16.0 Å². The molecule has 2 N–H and O–H groups in total. The fraction of sp³-hybridized carbons (Fsp3) is 0.467. The molecule has 7 heteroatoms. The minimum atomic E-state index is -1.00. The summed E-state index contributed by atoms with van der Waals surface area (Å²) in [6.07, 6.45) is -0.690. The van der Waals surface area contributed by atoms with E-state index < -0.39 is 18.2 Å². The first kappa shape index (κ1) is 15.8. The summed E-state index contributed by atoms with van der Waals surface area (Å²) < 4.78 is 6.30. The number of carboxylic acids is 1. The van der Waals surface area contributed by atoms with Crippen LogP contribution in [-0.2, 0) is 20.1 Å². The van der Waals surface area contributed by atoms with Gasteiger partial charge in [0.2, 0.25) is 5.91 Å². The molecule has 1 aromatic rings. The molecule has 1 saturated heterocycles. The Kier molecular flexibility index (Phi) is 4.75. The largest absolute Gasteiger partial charge is 0.479 e. The van der Waals surface area contributed by atoms with E-state index in [-0.39, 0.29) is 11.9 Å². The second-order valence-electron chi connectivity index (χ2n) is 5.45. The first-order chi connectivity index (χ1) is 10.5. The lowest BCUT2D eigenvalue weighted by atomic mass is 10.0. The number of halogens is 1. The zero-order valence-electron chi connectivity index (χ0n) is 11.8. The Balaban J connectivity index is 1.68. The summed E-state index contributed by atoms with van der Waals surface area (Å²) in [7, 11) is 0. The predicted octanol–water partition coefficient (Wildman–Crippen LogP) is 2.49. The van der Waals surface area contributed by atoms with Gasteiger partial charge in [-0.1, -0.05) is 22.0 Å². The third kappa shape index (κ3) is 3.31. The fourth-order valence-electron chi connectivity index (χ4n) is 2.79. The van der Waals surface area contributed by atoms with E-state index in [1.807, 2.05) is 12.1 Å². The number of carboxylic acid groups (broad SMARTS) is 1. The van der Waals surface area contributed by atoms with Crippen molar-refractivity contribution >= 4 is 39.6 Å². The molecule has 2 aliphatic heterocycles. The van der Waals surface area contributed by atoms with Gasteiger partial charge in [0.15, 0.2) is 6.10 Å². The van der Waals surface area contributed by atoms with E-state index >= 15 is 0 Å². The van der Waals surface area contributed by atoms with Crippen molar-refractivity contribution in [2.24, 2.45) is 0 Å². The van der Waals surface area contributed by atoms with E-state index in [1.54, 1.807) is 11.8 Å². The number of carbonyl (C=O) groups excluding carboxylic acids is 1. The molecule has 118 valence electrons. The third-order valence-electron chi connectivity index (χ3n) is 3.93. The van der Waals surface area contributed by atoms with Crippen LogP contribution in [0, 0.1) is 0 Å². The van der Waals surface area contributed by atoms with Gasteiger partial charge in [-0.2, -0.15) is 11.8 Å². The third-order valence-corrected chi connectivity index (χ3v) is 5.51. The Morgan fingerprint density at radius 2 is 2.09 bits per heavy atom. The molecule has 1 fully saturated rings. The van der Waals surface area contributed by atoms with Crippen molar-refractivity contribution in [2.75, 3.05) is 5.75 Å². The molecule has 0 radical (unpaired) electrons. The number of benzene rings is 1. The van der Waals surface area contributed by atoms with Gasteiger partial charge in [0.1, 0.15) is 6.10 Å². The molecule has 1 amide bonds. The Hall–Kier alpha value is -1.05. The maximum absolute atomic E-state index is 12.3. The SMILES string of the molecule is O=C(O)[C@@H]1CC[C@H](C(=O)NC2CSCc3ccc(Br)cc32)O1. The van der Waals surface area contributed by atoms with Gasteiger partial charge < -0.3 is 15.2 Å². The van der Waals surface area contributed by atoms with Crippen LogP contribution in [0.5, 0.6) is 0 Å². The number of ether oxygens (including phenoxy) is 1. The van der Waals surface area contributed by atoms with Crippen molar-refractivity contribution in [1.82, 2.24) is 5.32 Å². The number of thioether (sulfide) groups is 1. The zero-order chi connectivity index (χ0) is 15.7. The van der Waals surface area contributed by atoms with E-state index in [1.165, 1.54) is 5.56 Å². The molecule has 0 bridgehead atoms. The highest BCUT2D eigenvalue weighted by atomic mass is 79.9. The summed E-state index contributed by atoms with van der Waals surface area (Å²) in [6, 6.07) is 6.04. The minimum Gasteiger partial charge on any atom is -0.479 e. The number of nitrogens with one attached hydrogen (secondary N) is 1. The van der Waals surface area contributed by atoms with Crippen LogP contribution in [0.15, 0.2) is 22.7 Å². The highest BCUT2D eigenvalue weighted by molar-refractivity contribution is 9.10. The summed E-state index contributed by atoms with van der Waals surface area (Å²) >= 11 is 5.24. The van der Waals surface area contributed by atoms with E-state index in [9.17, 15) is 9.59 Å². The first-order valence-electron chi connectivity index (χ1n) is 7.09. The van der Waals surface area contributed by atoms with E-state index in [2.05, 4.69) is 27.3 Å². The lowest BCUT2D eigenvalue weighted by Gasteiger charge is -2.27. The summed E-state index contributed by atoms with van der Waals surface area (Å²) in [4.78, 5) is 23.2. The Bertz CT molecular complexity index is 609. The highest BCUT2D eigenvalue weighted by Crippen LogP contribution is 2.34. The van der Waals surface area contributed by atoms with Gasteiger partial charge >= 0.3 is 5.97 Å². The molecule has 0 aromatic heterocycles. The number of hydrogen-bond donors (Lipinski definition) is 2. The van der Waals surface area contributed by atoms with E-state index in [4.69, 9.17) is 9.84 Å². The van der Waals surface area contributed by atoms with Gasteiger partial charge in [-0.05, 0) is 36.1 Å². The van der Waals surface area contributed by atoms with Crippen molar-refractivity contribution in [3.63, 3.8) is 0 Å². The highest BCUT2D eigenvalue weighted by Gasteiger charge is 2.36. The van der Waals surface area contributed by atoms with Crippen molar-refractivity contribution < 1.29 is 19.4 Å². The fourth-order valence-corrected chi connectivity index (χ4v) is 4.27. The van der Waals surface area contributed by atoms with Crippen LogP contribution in [0.1, 0.15) is 30.0 Å². The molecule has 0 aliphatic carbocycles. The molecule has 3 atom stereocenters. The van der Waals surface area contributed by atoms with Crippen LogP contribution in [0.4, 0.5) is 0 Å². The first-order valence-corrected chi connectivity index (χ1v) is 9.04. The summed E-state index contributed by atoms with van der Waals surface area (Å²) in [6.45, 7) is 0. The van der Waals surface area contributed by atoms with E-state index in [0.29, 0.717) is 12.8 Å². The van der Waals surface area contributed by atoms with Gasteiger partial charge in [-0.15, -0.1) is 0 Å². The van der Waals surface area contributed by atoms with Gasteiger partial charge in [-0.25, -0.2) is 4.79 Å². The standard InChI is InChI=1S/C15H16BrNO4S/c16-9-2-1-8-6-22-7-11(10(8)5-9)17-14(18)12-3-4-13(21-12)15(19)20/h1-2,5,11-13H,3-4,6-7H2,(H,17,18)(H,19,20)/t11?,12-,13+/m1/s1. The van der Waals surface area contributed by atoms with Crippen LogP contribution in [0.2, 0.25) is 0 Å². The smallest absolute Gasteiger partial charge is 0.332 e. The van der Waals surface area contributed by atoms with Gasteiger partial charge in [-0.3, -0.25) is 4.79 Å². The van der Waals surface area contributed by atoms with Crippen LogP contribution in [0.25, 0.3) is 0 Å². The monoisotopic (exact) mass is 385 g/mol. The number of aliphatic carboxylic acids is 1. The summed E-state index contributed by atoms with van der Waals surface area (Å²) in [5, 5.41) is 11.9. The second kappa shape index (κ2) is 6.60. The molecule has 1 unspecified atom stereocenters. The van der Waals surface area contributed by atoms with Crippen LogP contribution < -0.4 is 5.32 Å². The van der Waals surface area contributed by atoms with Crippen molar-refractivity contribution in [3.8, 4) is 0 Å². The average Bonchev–Trinajstić information content (AvgIpc) is 2.98. The van der Waals surface area contributed by atoms with Crippen LogP contribution in [0.3, 0.4) is 0 Å². The Morgan fingerprint density at radius 1 is 1.32 bits per heavy atom. The zero-order valence-corrected chi connectivity index (χ0v) is 14.2. The number of rotatable bonds is 3. The van der Waals surface area contributed by atoms with E-state index in [0.717, 1.165) is 21.5 Å². The maximum atomic E-state index is 12.3. The van der Waals surface area contributed by atoms with Gasteiger partial charge in [0.25, 0.3) is 0 Å². The molecule has 3 rings (SSSR count). The molecular formula is C15H16BrNO4S. The Labute approximate surface area is 140 Å². The molecule has 1 aromatic carbocycles. The van der Waals surface area contributed by atoms with Crippen molar-refractivity contribution in [1.29, 1.82) is 0 Å². The number of hydrogen-bond acceptors (Lipinski definition) is 4. The minimum absolute atomic E-state index is 0.0637. The summed E-state index contributed by atoms with van der Waals surface area (Å²) in [5.74, 6) is 0.528. The predicted molar refractivity (Wildman–Crippen MR) is 86.7 cm³/mol. The topological polar surface area (TPSA) is 75.6 Å². The Morgan fingerprint density at radius 3 is 2.82 bits per heavy atom. The lowest BCUT2D eigenvalue weighted by molar-refractivity contribution is -0.151. The quantitative estimate of drug-likeness (QED) is 0.835. The maximum Gasteiger partial charge on any atom is 0.332 e. The number of fused-ring (bicyclic) bond motifs is 1. The normalized spacial score (nSPS) is 27.2. The lowest BCUT2D eigenvalue weighted by Crippen LogP contribution is -2.39. The molecule has 2 heterocycles. The molecule has 5 nitrogen and oxygen atoms in total. The average molecular weight is 386 g/mol. The second-order valence-corrected chi connectivity index (χ2v) is 7.39. The van der Waals surface area contributed by atoms with Crippen LogP contribution in [-0.4, -0.2) is 34.9 Å².